The quantitative estimate of drug-likeness (QED) is 0.873. The first-order chi connectivity index (χ1) is 11.4. The molecule has 3 heterocycles. The van der Waals surface area contributed by atoms with Crippen molar-refractivity contribution < 1.29 is 17.6 Å². The topological polar surface area (TPSA) is 92.5 Å². The molecule has 1 unspecified atom stereocenters. The summed E-state index contributed by atoms with van der Waals surface area (Å²) in [5, 5.41) is 2.76. The van der Waals surface area contributed by atoms with Crippen molar-refractivity contribution in [2.75, 3.05) is 23.5 Å². The number of nitrogens with one attached hydrogen (secondary N) is 1. The van der Waals surface area contributed by atoms with E-state index >= 15 is 0 Å². The van der Waals surface area contributed by atoms with E-state index in [0.717, 1.165) is 5.69 Å². The number of hydrogen-bond acceptors (Lipinski definition) is 6. The molecule has 0 aromatic carbocycles. The van der Waals surface area contributed by atoms with Crippen molar-refractivity contribution in [3.05, 3.63) is 48.2 Å². The molecule has 8 heteroatoms. The van der Waals surface area contributed by atoms with E-state index in [1.54, 1.807) is 30.7 Å². The molecule has 0 spiro atoms. The van der Waals surface area contributed by atoms with Crippen LogP contribution in [0.2, 0.25) is 0 Å². The smallest absolute Gasteiger partial charge is 0.253 e. The summed E-state index contributed by atoms with van der Waals surface area (Å²) in [6, 6.07) is 5.17. The molecule has 1 N–H and O–H groups in total. The van der Waals surface area contributed by atoms with E-state index in [1.165, 1.54) is 6.20 Å². The van der Waals surface area contributed by atoms with E-state index in [4.69, 9.17) is 4.42 Å². The summed E-state index contributed by atoms with van der Waals surface area (Å²) < 4.78 is 28.4. The number of carbonyl (C=O) groups is 1. The molecule has 1 fully saturated rings. The van der Waals surface area contributed by atoms with Crippen molar-refractivity contribution in [2.24, 2.45) is 0 Å². The second-order valence-corrected chi connectivity index (χ2v) is 8.09. The van der Waals surface area contributed by atoms with Gasteiger partial charge in [-0.1, -0.05) is 0 Å². The highest BCUT2D eigenvalue weighted by Gasteiger charge is 2.31. The molecule has 0 saturated carbocycles. The fourth-order valence-electron chi connectivity index (χ4n) is 2.72. The molecule has 3 rings (SSSR count). The Morgan fingerprint density at radius 1 is 1.46 bits per heavy atom. The number of sulfone groups is 1. The minimum Gasteiger partial charge on any atom is -0.467 e. The number of anilines is 1. The number of rotatable bonds is 5. The van der Waals surface area contributed by atoms with Crippen molar-refractivity contribution in [3.8, 4) is 0 Å². The summed E-state index contributed by atoms with van der Waals surface area (Å²) in [6.07, 6.45) is 5.26. The summed E-state index contributed by atoms with van der Waals surface area (Å²) in [6.45, 7) is 0.298. The fraction of sp³-hybridized carbons (Fsp3) is 0.375. The van der Waals surface area contributed by atoms with Crippen LogP contribution in [0.5, 0.6) is 0 Å². The van der Waals surface area contributed by atoms with Gasteiger partial charge in [0.1, 0.15) is 5.76 Å². The molecule has 0 aliphatic carbocycles. The Labute approximate surface area is 140 Å². The first-order valence-corrected chi connectivity index (χ1v) is 9.46. The zero-order chi connectivity index (χ0) is 17.2. The molecule has 24 heavy (non-hydrogen) atoms. The first kappa shape index (κ1) is 16.5. The largest absolute Gasteiger partial charge is 0.467 e. The van der Waals surface area contributed by atoms with E-state index in [-0.39, 0.29) is 23.5 Å². The Kier molecular flexibility index (Phi) is 4.57. The third-order valence-electron chi connectivity index (χ3n) is 4.15. The van der Waals surface area contributed by atoms with Gasteiger partial charge in [-0.15, -0.1) is 0 Å². The number of hydrogen-bond donors (Lipinski definition) is 1. The van der Waals surface area contributed by atoms with Crippen LogP contribution in [0.15, 0.2) is 41.3 Å². The number of nitrogens with zero attached hydrogens (tertiary/aromatic N) is 2. The first-order valence-electron chi connectivity index (χ1n) is 7.63. The molecule has 1 atom stereocenters. The molecule has 128 valence electrons. The molecule has 7 nitrogen and oxygen atoms in total. The lowest BCUT2D eigenvalue weighted by Gasteiger charge is -2.25. The maximum Gasteiger partial charge on any atom is 0.253 e. The lowest BCUT2D eigenvalue weighted by molar-refractivity contribution is 0.0947. The molecule has 1 aliphatic rings. The van der Waals surface area contributed by atoms with Crippen LogP contribution in [0.1, 0.15) is 22.5 Å². The number of aromatic nitrogens is 1. The Hall–Kier alpha value is -2.35. The number of carbonyl (C=O) groups excluding carboxylic acids is 1. The van der Waals surface area contributed by atoms with Crippen LogP contribution in [0.25, 0.3) is 0 Å². The molecule has 0 bridgehead atoms. The maximum absolute atomic E-state index is 12.2. The molecule has 0 radical (unpaired) electrons. The predicted octanol–water partition coefficient (Wildman–Crippen LogP) is 1.23. The van der Waals surface area contributed by atoms with Gasteiger partial charge in [0.25, 0.3) is 5.91 Å². The number of furan rings is 1. The number of pyridine rings is 1. The van der Waals surface area contributed by atoms with Crippen LogP contribution >= 0.6 is 0 Å². The lowest BCUT2D eigenvalue weighted by atomic mass is 10.2. The van der Waals surface area contributed by atoms with E-state index in [2.05, 4.69) is 10.3 Å². The average Bonchev–Trinajstić information content (AvgIpc) is 3.21. The minimum atomic E-state index is -2.96. The summed E-state index contributed by atoms with van der Waals surface area (Å²) in [4.78, 5) is 18.2. The maximum atomic E-state index is 12.2. The van der Waals surface area contributed by atoms with E-state index in [0.29, 0.717) is 24.3 Å². The Balaban J connectivity index is 1.68. The molecular weight excluding hydrogens is 330 g/mol. The van der Waals surface area contributed by atoms with Gasteiger partial charge in [-0.2, -0.15) is 0 Å². The van der Waals surface area contributed by atoms with Gasteiger partial charge in [0, 0.05) is 19.3 Å². The summed E-state index contributed by atoms with van der Waals surface area (Å²) in [7, 11) is -1.13. The van der Waals surface area contributed by atoms with Gasteiger partial charge in [-0.05, 0) is 24.6 Å². The van der Waals surface area contributed by atoms with Gasteiger partial charge in [0.05, 0.1) is 41.8 Å². The van der Waals surface area contributed by atoms with Crippen LogP contribution in [-0.2, 0) is 16.4 Å². The van der Waals surface area contributed by atoms with Crippen LogP contribution in [0, 0.1) is 0 Å². The van der Waals surface area contributed by atoms with Gasteiger partial charge in [0.15, 0.2) is 9.84 Å². The normalized spacial score (nSPS) is 19.1. The highest BCUT2D eigenvalue weighted by atomic mass is 32.2. The van der Waals surface area contributed by atoms with Gasteiger partial charge in [-0.25, -0.2) is 8.42 Å². The van der Waals surface area contributed by atoms with Gasteiger partial charge < -0.3 is 14.6 Å². The van der Waals surface area contributed by atoms with Crippen molar-refractivity contribution in [3.63, 3.8) is 0 Å². The minimum absolute atomic E-state index is 0.0850. The van der Waals surface area contributed by atoms with Gasteiger partial charge in [0.2, 0.25) is 0 Å². The van der Waals surface area contributed by atoms with Crippen LogP contribution in [0.4, 0.5) is 5.69 Å². The van der Waals surface area contributed by atoms with Crippen molar-refractivity contribution in [2.45, 2.75) is 19.0 Å². The highest BCUT2D eigenvalue weighted by Crippen LogP contribution is 2.23. The molecular formula is C16H19N3O4S. The van der Waals surface area contributed by atoms with E-state index < -0.39 is 9.84 Å². The summed E-state index contributed by atoms with van der Waals surface area (Å²) >= 11 is 0. The predicted molar refractivity (Wildman–Crippen MR) is 89.6 cm³/mol. The second-order valence-electron chi connectivity index (χ2n) is 5.86. The van der Waals surface area contributed by atoms with E-state index in [1.807, 2.05) is 11.9 Å². The molecule has 1 saturated heterocycles. The summed E-state index contributed by atoms with van der Waals surface area (Å²) in [5.74, 6) is 0.755. The SMILES string of the molecule is CN(c1cncc(C(=O)NCc2ccco2)c1)C1CCS(=O)(=O)C1. The van der Waals surface area contributed by atoms with Gasteiger partial charge in [-0.3, -0.25) is 9.78 Å². The van der Waals surface area contributed by atoms with Crippen molar-refractivity contribution in [1.82, 2.24) is 10.3 Å². The zero-order valence-electron chi connectivity index (χ0n) is 13.3. The third kappa shape index (κ3) is 3.76. The van der Waals surface area contributed by atoms with Crippen molar-refractivity contribution in [1.29, 1.82) is 0 Å². The monoisotopic (exact) mass is 349 g/mol. The standard InChI is InChI=1S/C16H19N3O4S/c1-19(13-4-6-24(21,22)11-13)14-7-12(8-17-9-14)16(20)18-10-15-3-2-5-23-15/h2-3,5,7-9,13H,4,6,10-11H2,1H3,(H,18,20). The molecule has 2 aromatic heterocycles. The number of amides is 1. The van der Waals surface area contributed by atoms with E-state index in [9.17, 15) is 13.2 Å². The third-order valence-corrected chi connectivity index (χ3v) is 5.90. The van der Waals surface area contributed by atoms with Crippen LogP contribution in [0.3, 0.4) is 0 Å². The lowest BCUT2D eigenvalue weighted by Crippen LogP contribution is -2.33. The second kappa shape index (κ2) is 6.64. The van der Waals surface area contributed by atoms with Crippen LogP contribution < -0.4 is 10.2 Å². The highest BCUT2D eigenvalue weighted by molar-refractivity contribution is 7.91. The Morgan fingerprint density at radius 2 is 2.29 bits per heavy atom. The molecule has 1 aliphatic heterocycles. The zero-order valence-corrected chi connectivity index (χ0v) is 14.1. The van der Waals surface area contributed by atoms with Gasteiger partial charge >= 0.3 is 0 Å². The fourth-order valence-corrected chi connectivity index (χ4v) is 4.49. The molecule has 1 amide bonds. The van der Waals surface area contributed by atoms with Crippen molar-refractivity contribution >= 4 is 21.4 Å². The molecule has 2 aromatic rings. The average molecular weight is 349 g/mol. The Bertz CT molecular complexity index is 818. The summed E-state index contributed by atoms with van der Waals surface area (Å²) in [5.41, 5.74) is 1.15. The Morgan fingerprint density at radius 3 is 2.96 bits per heavy atom. The van der Waals surface area contributed by atoms with Crippen LogP contribution in [-0.4, -0.2) is 43.9 Å².